The summed E-state index contributed by atoms with van der Waals surface area (Å²) in [5.41, 5.74) is 0.118. The number of benzene rings is 2. The highest BCUT2D eigenvalue weighted by Crippen LogP contribution is 2.19. The second kappa shape index (κ2) is 10.3. The van der Waals surface area contributed by atoms with Crippen LogP contribution in [-0.4, -0.2) is 67.5 Å². The summed E-state index contributed by atoms with van der Waals surface area (Å²) in [6, 6.07) is 16.6. The molecular weight excluding hydrogens is 494 g/mol. The van der Waals surface area contributed by atoms with Crippen molar-refractivity contribution in [1.29, 1.82) is 0 Å². The Balaban J connectivity index is 1.55. The smallest absolute Gasteiger partial charge is 0.289 e. The molecule has 9 nitrogen and oxygen atoms in total. The minimum absolute atomic E-state index is 0.0964. The molecule has 1 aromatic heterocycles. The highest BCUT2D eigenvalue weighted by atomic mass is 35.5. The predicted molar refractivity (Wildman–Crippen MR) is 128 cm³/mol. The Labute approximate surface area is 207 Å². The summed E-state index contributed by atoms with van der Waals surface area (Å²) in [6.07, 6.45) is 1.40. The molecule has 0 unspecified atom stereocenters. The monoisotopic (exact) mass is 515 g/mol. The summed E-state index contributed by atoms with van der Waals surface area (Å²) in [4.78, 5) is 41.6. The van der Waals surface area contributed by atoms with E-state index in [0.717, 1.165) is 0 Å². The number of furan rings is 1. The first-order chi connectivity index (χ1) is 16.8. The van der Waals surface area contributed by atoms with E-state index in [4.69, 9.17) is 16.0 Å². The Kier molecular flexibility index (Phi) is 7.23. The van der Waals surface area contributed by atoms with Crippen molar-refractivity contribution in [2.75, 3.05) is 26.2 Å². The van der Waals surface area contributed by atoms with Gasteiger partial charge in [0.25, 0.3) is 17.7 Å². The molecule has 1 N–H and O–H groups in total. The SMILES string of the molecule is O=C(N[C@H](C(=O)N1CCN(C(=O)c2ccco2)CC1)S(=O)(=O)c1ccccc1)c1cccc(Cl)c1. The number of piperazine rings is 1. The van der Waals surface area contributed by atoms with E-state index in [1.165, 1.54) is 52.5 Å². The fourth-order valence-corrected chi connectivity index (χ4v) is 5.38. The Morgan fingerprint density at radius 1 is 0.886 bits per heavy atom. The molecule has 0 aliphatic carbocycles. The molecule has 35 heavy (non-hydrogen) atoms. The molecule has 11 heteroatoms. The number of halogens is 1. The van der Waals surface area contributed by atoms with E-state index < -0.39 is 27.0 Å². The molecule has 2 aromatic carbocycles. The number of hydrogen-bond donors (Lipinski definition) is 1. The zero-order valence-corrected chi connectivity index (χ0v) is 20.0. The van der Waals surface area contributed by atoms with Crippen LogP contribution in [0.3, 0.4) is 0 Å². The Morgan fingerprint density at radius 3 is 2.20 bits per heavy atom. The van der Waals surface area contributed by atoms with Crippen LogP contribution in [0, 0.1) is 0 Å². The van der Waals surface area contributed by atoms with E-state index in [-0.39, 0.29) is 48.3 Å². The molecule has 4 rings (SSSR count). The van der Waals surface area contributed by atoms with Gasteiger partial charge >= 0.3 is 0 Å². The van der Waals surface area contributed by atoms with Gasteiger partial charge in [0.2, 0.25) is 15.2 Å². The molecule has 1 atom stereocenters. The zero-order valence-electron chi connectivity index (χ0n) is 18.5. The van der Waals surface area contributed by atoms with Gasteiger partial charge in [0.05, 0.1) is 11.2 Å². The number of hydrogen-bond acceptors (Lipinski definition) is 6. The molecule has 2 heterocycles. The van der Waals surface area contributed by atoms with Crippen LogP contribution in [0.25, 0.3) is 0 Å². The normalized spacial score (nSPS) is 14.9. The minimum atomic E-state index is -4.28. The summed E-state index contributed by atoms with van der Waals surface area (Å²) in [6.45, 7) is 0.565. The summed E-state index contributed by atoms with van der Waals surface area (Å²) >= 11 is 5.96. The van der Waals surface area contributed by atoms with E-state index in [1.54, 1.807) is 30.3 Å². The van der Waals surface area contributed by atoms with Crippen molar-refractivity contribution >= 4 is 39.2 Å². The van der Waals surface area contributed by atoms with Crippen molar-refractivity contribution in [3.8, 4) is 0 Å². The van der Waals surface area contributed by atoms with Crippen molar-refractivity contribution in [1.82, 2.24) is 15.1 Å². The average Bonchev–Trinajstić information content (AvgIpc) is 3.42. The number of nitrogens with one attached hydrogen (secondary N) is 1. The lowest BCUT2D eigenvalue weighted by Gasteiger charge is -2.36. The minimum Gasteiger partial charge on any atom is -0.459 e. The third-order valence-electron chi connectivity index (χ3n) is 5.57. The largest absolute Gasteiger partial charge is 0.459 e. The van der Waals surface area contributed by atoms with Crippen LogP contribution in [0.1, 0.15) is 20.9 Å². The fourth-order valence-electron chi connectivity index (χ4n) is 3.70. The average molecular weight is 516 g/mol. The second-order valence-electron chi connectivity index (χ2n) is 7.82. The fraction of sp³-hybridized carbons (Fsp3) is 0.208. The van der Waals surface area contributed by atoms with Gasteiger partial charge in [0.1, 0.15) is 0 Å². The molecule has 0 bridgehead atoms. The Morgan fingerprint density at radius 2 is 1.57 bits per heavy atom. The van der Waals surface area contributed by atoms with Gasteiger partial charge < -0.3 is 19.5 Å². The maximum Gasteiger partial charge on any atom is 0.289 e. The number of carbonyl (C=O) groups excluding carboxylic acids is 3. The standard InChI is InChI=1S/C24H22ClN3O6S/c25-18-7-4-6-17(16-18)21(29)26-22(35(32,33)19-8-2-1-3-9-19)24(31)28-13-11-27(12-14-28)23(30)20-10-5-15-34-20/h1-10,15-16,22H,11-14H2,(H,26,29)/t22-/m0/s1. The number of nitrogens with zero attached hydrogens (tertiary/aromatic N) is 2. The van der Waals surface area contributed by atoms with Gasteiger partial charge in [-0.15, -0.1) is 0 Å². The molecule has 1 aliphatic heterocycles. The summed E-state index contributed by atoms with van der Waals surface area (Å²) < 4.78 is 32.0. The molecule has 1 saturated heterocycles. The molecule has 182 valence electrons. The van der Waals surface area contributed by atoms with E-state index in [9.17, 15) is 22.8 Å². The first-order valence-corrected chi connectivity index (χ1v) is 12.7. The second-order valence-corrected chi connectivity index (χ2v) is 10.3. The maximum atomic E-state index is 13.4. The van der Waals surface area contributed by atoms with Gasteiger partial charge in [-0.2, -0.15) is 0 Å². The topological polar surface area (TPSA) is 117 Å². The van der Waals surface area contributed by atoms with Crippen molar-refractivity contribution < 1.29 is 27.2 Å². The summed E-state index contributed by atoms with van der Waals surface area (Å²) in [5.74, 6) is -1.67. The van der Waals surface area contributed by atoms with Crippen molar-refractivity contribution in [3.05, 3.63) is 89.3 Å². The lowest BCUT2D eigenvalue weighted by atomic mass is 10.2. The van der Waals surface area contributed by atoms with Crippen molar-refractivity contribution in [2.24, 2.45) is 0 Å². The van der Waals surface area contributed by atoms with Crippen LogP contribution >= 0.6 is 11.6 Å². The number of carbonyl (C=O) groups is 3. The first-order valence-electron chi connectivity index (χ1n) is 10.7. The molecule has 1 aliphatic rings. The van der Waals surface area contributed by atoms with E-state index in [2.05, 4.69) is 5.32 Å². The third-order valence-corrected chi connectivity index (χ3v) is 7.67. The zero-order chi connectivity index (χ0) is 25.0. The van der Waals surface area contributed by atoms with Gasteiger partial charge in [-0.3, -0.25) is 14.4 Å². The van der Waals surface area contributed by atoms with E-state index in [0.29, 0.717) is 5.02 Å². The maximum absolute atomic E-state index is 13.4. The van der Waals surface area contributed by atoms with Gasteiger partial charge in [-0.25, -0.2) is 8.42 Å². The highest BCUT2D eigenvalue weighted by Gasteiger charge is 2.39. The Hall–Kier alpha value is -3.63. The van der Waals surface area contributed by atoms with Crippen LogP contribution < -0.4 is 5.32 Å². The molecule has 0 spiro atoms. The van der Waals surface area contributed by atoms with Crippen LogP contribution in [0.5, 0.6) is 0 Å². The molecule has 3 aromatic rings. The molecule has 1 fully saturated rings. The highest BCUT2D eigenvalue weighted by molar-refractivity contribution is 7.92. The molecule has 3 amide bonds. The van der Waals surface area contributed by atoms with Gasteiger partial charge in [-0.05, 0) is 42.5 Å². The van der Waals surface area contributed by atoms with Crippen molar-refractivity contribution in [2.45, 2.75) is 10.3 Å². The first kappa shape index (κ1) is 24.5. The predicted octanol–water partition coefficient (Wildman–Crippen LogP) is 2.45. The number of amides is 3. The Bertz CT molecular complexity index is 1320. The van der Waals surface area contributed by atoms with Crippen LogP contribution in [-0.2, 0) is 14.6 Å². The summed E-state index contributed by atoms with van der Waals surface area (Å²) in [7, 11) is -4.28. The van der Waals surface area contributed by atoms with Crippen LogP contribution in [0.4, 0.5) is 0 Å². The van der Waals surface area contributed by atoms with E-state index >= 15 is 0 Å². The number of sulfone groups is 1. The van der Waals surface area contributed by atoms with Gasteiger partial charge in [0.15, 0.2) is 5.76 Å². The summed E-state index contributed by atoms with van der Waals surface area (Å²) in [5, 5.41) is 0.818. The van der Waals surface area contributed by atoms with E-state index in [1.807, 2.05) is 0 Å². The lowest BCUT2D eigenvalue weighted by Crippen LogP contribution is -2.57. The van der Waals surface area contributed by atoms with Crippen LogP contribution in [0.2, 0.25) is 5.02 Å². The molecular formula is C24H22ClN3O6S. The third kappa shape index (κ3) is 5.39. The van der Waals surface area contributed by atoms with Gasteiger partial charge in [0, 0.05) is 36.8 Å². The molecule has 0 saturated carbocycles. The van der Waals surface area contributed by atoms with Crippen molar-refractivity contribution in [3.63, 3.8) is 0 Å². The quantitative estimate of drug-likeness (QED) is 0.539. The molecule has 0 radical (unpaired) electrons. The lowest BCUT2D eigenvalue weighted by molar-refractivity contribution is -0.132. The number of rotatable bonds is 6. The van der Waals surface area contributed by atoms with Crippen LogP contribution in [0.15, 0.2) is 82.3 Å². The van der Waals surface area contributed by atoms with Gasteiger partial charge in [-0.1, -0.05) is 35.9 Å².